The molecule has 0 aromatic carbocycles. The quantitative estimate of drug-likeness (QED) is 0.677. The third-order valence-corrected chi connectivity index (χ3v) is 5.92. The average molecular weight is 479 g/mol. The Kier molecular flexibility index (Phi) is 3.87. The first kappa shape index (κ1) is 13.1. The van der Waals surface area contributed by atoms with Crippen LogP contribution < -0.4 is 5.73 Å². The molecule has 0 spiro atoms. The van der Waals surface area contributed by atoms with Gasteiger partial charge in [-0.25, -0.2) is 4.98 Å². The first-order chi connectivity index (χ1) is 9.25. The van der Waals surface area contributed by atoms with Crippen molar-refractivity contribution in [1.82, 2.24) is 9.55 Å². The van der Waals surface area contributed by atoms with Gasteiger partial charge in [0, 0.05) is 9.71 Å². The number of fused-ring (bicyclic) bond motifs is 1. The molecule has 98 valence electrons. The van der Waals surface area contributed by atoms with Crippen LogP contribution >= 0.6 is 41.5 Å². The summed E-state index contributed by atoms with van der Waals surface area (Å²) in [5.74, 6) is 0.577. The molecule has 0 saturated carbocycles. The molecular weight excluding hydrogens is 468 g/mol. The molecular formula is C13H11I2N3O. The molecule has 3 rings (SSSR count). The number of imidazole rings is 1. The molecule has 19 heavy (non-hydrogen) atoms. The lowest BCUT2D eigenvalue weighted by atomic mass is 10.1. The van der Waals surface area contributed by atoms with Crippen LogP contribution in [0.3, 0.4) is 0 Å². The fourth-order valence-electron chi connectivity index (χ4n) is 1.92. The molecule has 0 unspecified atom stereocenters. The van der Waals surface area contributed by atoms with Gasteiger partial charge in [0.15, 0.2) is 0 Å². The summed E-state index contributed by atoms with van der Waals surface area (Å²) in [5.41, 5.74) is 8.24. The highest BCUT2D eigenvalue weighted by atomic mass is 127. The lowest BCUT2D eigenvalue weighted by Crippen LogP contribution is -2.18. The number of allylic oxidation sites excluding steroid dienone is 3. The summed E-state index contributed by atoms with van der Waals surface area (Å²) in [5, 5.41) is 0. The Morgan fingerprint density at radius 2 is 2.16 bits per heavy atom. The van der Waals surface area contributed by atoms with Gasteiger partial charge in [-0.1, -0.05) is 41.5 Å². The van der Waals surface area contributed by atoms with E-state index in [1.807, 2.05) is 10.6 Å². The highest BCUT2D eigenvalue weighted by Crippen LogP contribution is 2.27. The number of hydrogen-bond acceptors (Lipinski definition) is 2. The largest absolute Gasteiger partial charge is 0.369 e. The maximum Gasteiger partial charge on any atom is 0.223 e. The predicted octanol–water partition coefficient (Wildman–Crippen LogP) is 2.16. The Bertz CT molecular complexity index is 693. The topological polar surface area (TPSA) is 60.9 Å². The molecule has 2 aliphatic rings. The van der Waals surface area contributed by atoms with Gasteiger partial charge in [0.1, 0.15) is 5.82 Å². The molecule has 2 N–H and O–H groups in total. The summed E-state index contributed by atoms with van der Waals surface area (Å²) in [4.78, 5) is 16.0. The minimum absolute atomic E-state index is 0.0476. The molecule has 0 bridgehead atoms. The fourth-order valence-corrected chi connectivity index (χ4v) is 5.01. The number of carbonyl (C=O) groups is 1. The molecule has 0 saturated heterocycles. The van der Waals surface area contributed by atoms with Crippen LogP contribution in [0, 0.1) is 0 Å². The van der Waals surface area contributed by atoms with E-state index in [4.69, 9.17) is 5.73 Å². The lowest BCUT2D eigenvalue weighted by molar-refractivity contribution is -0.117. The highest BCUT2D eigenvalue weighted by molar-refractivity contribution is 14.2. The van der Waals surface area contributed by atoms with Crippen LogP contribution in [0.5, 0.6) is 0 Å². The Morgan fingerprint density at radius 3 is 2.89 bits per heavy atom. The smallest absolute Gasteiger partial charge is 0.223 e. The standard InChI is InChI=1S/C13H11I2N3O/c16-11(19)7-10-13(9-1-4-14-5-2-9)17-12-3-6-15-8-18(10)12/h1-6,8H,7H2,(H2,16,19). The van der Waals surface area contributed by atoms with Crippen LogP contribution in [0.4, 0.5) is 0 Å². The van der Waals surface area contributed by atoms with Crippen molar-refractivity contribution in [2.24, 2.45) is 5.73 Å². The van der Waals surface area contributed by atoms with Crippen molar-refractivity contribution >= 4 is 67.2 Å². The number of halogens is 2. The molecule has 1 amide bonds. The minimum Gasteiger partial charge on any atom is -0.369 e. The van der Waals surface area contributed by atoms with E-state index in [9.17, 15) is 4.79 Å². The lowest BCUT2D eigenvalue weighted by Gasteiger charge is -2.07. The van der Waals surface area contributed by atoms with Gasteiger partial charge in [0.05, 0.1) is 17.8 Å². The number of aromatic nitrogens is 2. The zero-order valence-electron chi connectivity index (χ0n) is 9.88. The van der Waals surface area contributed by atoms with Crippen LogP contribution in [0.15, 0.2) is 20.3 Å². The summed E-state index contributed by atoms with van der Waals surface area (Å²) < 4.78 is 10.8. The maximum atomic E-state index is 11.3. The van der Waals surface area contributed by atoms with Gasteiger partial charge >= 0.3 is 0 Å². The highest BCUT2D eigenvalue weighted by Gasteiger charge is 2.19. The summed E-state index contributed by atoms with van der Waals surface area (Å²) >= 11 is -0.0493. The molecule has 0 atom stereocenters. The second-order valence-electron chi connectivity index (χ2n) is 3.96. The van der Waals surface area contributed by atoms with E-state index in [1.165, 1.54) is 0 Å². The van der Waals surface area contributed by atoms with Crippen molar-refractivity contribution in [1.29, 1.82) is 0 Å². The zero-order chi connectivity index (χ0) is 13.2. The van der Waals surface area contributed by atoms with E-state index in [1.54, 1.807) is 0 Å². The fraction of sp³-hybridized carbons (Fsp3) is 0.0769. The molecule has 0 radical (unpaired) electrons. The van der Waals surface area contributed by atoms with Crippen molar-refractivity contribution < 1.29 is 4.79 Å². The van der Waals surface area contributed by atoms with E-state index >= 15 is 0 Å². The number of hydrogen-bond donors (Lipinski definition) is 1. The molecule has 4 nitrogen and oxygen atoms in total. The van der Waals surface area contributed by atoms with Crippen LogP contribution in [-0.4, -0.2) is 23.6 Å². The van der Waals surface area contributed by atoms with Gasteiger partial charge in [-0.05, 0) is 30.4 Å². The molecule has 2 aliphatic heterocycles. The normalized spacial score (nSPS) is 16.3. The van der Waals surface area contributed by atoms with E-state index in [0.717, 1.165) is 22.8 Å². The van der Waals surface area contributed by atoms with Crippen LogP contribution in [0.1, 0.15) is 17.2 Å². The summed E-state index contributed by atoms with van der Waals surface area (Å²) in [6.07, 6.45) is 6.47. The average Bonchev–Trinajstić information content (AvgIpc) is 2.78. The van der Waals surface area contributed by atoms with Gasteiger partial charge < -0.3 is 5.73 Å². The third-order valence-electron chi connectivity index (χ3n) is 2.72. The van der Waals surface area contributed by atoms with Crippen LogP contribution in [-0.2, 0) is 11.2 Å². The molecule has 0 fully saturated rings. The van der Waals surface area contributed by atoms with E-state index in [0.29, 0.717) is 0 Å². The molecule has 1 aromatic heterocycles. The first-order valence-electron chi connectivity index (χ1n) is 5.59. The van der Waals surface area contributed by atoms with E-state index in [2.05, 4.69) is 33.4 Å². The van der Waals surface area contributed by atoms with Crippen LogP contribution in [0.2, 0.25) is 0 Å². The number of nitrogens with zero attached hydrogens (tertiary/aromatic N) is 2. The SMILES string of the molecule is NC(=O)Cc1c(C2=CC=IC=C2)nc2n1C=IC=C2. The second-order valence-corrected chi connectivity index (χ2v) is 8.11. The van der Waals surface area contributed by atoms with Gasteiger partial charge in [-0.15, -0.1) is 0 Å². The van der Waals surface area contributed by atoms with Gasteiger partial charge in [-0.2, -0.15) is 0 Å². The molecule has 3 heterocycles. The number of primary amides is 1. The summed E-state index contributed by atoms with van der Waals surface area (Å²) in [6, 6.07) is 0. The third kappa shape index (κ3) is 2.69. The number of amides is 1. The minimum atomic E-state index is -0.318. The van der Waals surface area contributed by atoms with Gasteiger partial charge in [-0.3, -0.25) is 9.36 Å². The Balaban J connectivity index is 2.16. The van der Waals surface area contributed by atoms with Gasteiger partial charge in [0.25, 0.3) is 0 Å². The number of nitrogens with two attached hydrogens (primary N) is 1. The molecule has 0 aliphatic carbocycles. The van der Waals surface area contributed by atoms with Gasteiger partial charge in [0.2, 0.25) is 5.91 Å². The van der Waals surface area contributed by atoms with Crippen molar-refractivity contribution in [3.8, 4) is 0 Å². The number of carbonyl (C=O) groups excluding carboxylic acids is 1. The maximum absolute atomic E-state index is 11.3. The monoisotopic (exact) mass is 479 g/mol. The van der Waals surface area contributed by atoms with Crippen molar-refractivity contribution in [2.75, 3.05) is 0 Å². The summed E-state index contributed by atoms with van der Waals surface area (Å²) in [7, 11) is 0. The Labute approximate surface area is 130 Å². The Hall–Kier alpha value is -0.900. The van der Waals surface area contributed by atoms with E-state index < -0.39 is 0 Å². The van der Waals surface area contributed by atoms with Crippen molar-refractivity contribution in [3.63, 3.8) is 0 Å². The summed E-state index contributed by atoms with van der Waals surface area (Å²) in [6.45, 7) is 0. The molecule has 6 heteroatoms. The van der Waals surface area contributed by atoms with Crippen LogP contribution in [0.25, 0.3) is 11.6 Å². The number of rotatable bonds is 3. The zero-order valence-corrected chi connectivity index (χ0v) is 14.2. The molecule has 1 aromatic rings. The predicted molar refractivity (Wildman–Crippen MR) is 96.8 cm³/mol. The van der Waals surface area contributed by atoms with E-state index in [-0.39, 0.29) is 53.8 Å². The van der Waals surface area contributed by atoms with Crippen molar-refractivity contribution in [2.45, 2.75) is 6.42 Å². The Morgan fingerprint density at radius 1 is 1.32 bits per heavy atom. The first-order valence-corrected chi connectivity index (χ1v) is 10.6. The second kappa shape index (κ2) is 5.61. The van der Waals surface area contributed by atoms with Crippen molar-refractivity contribution in [3.05, 3.63) is 37.5 Å².